The molecule has 0 saturated carbocycles. The number of carboxylic acids is 1. The van der Waals surface area contributed by atoms with Crippen LogP contribution >= 0.6 is 0 Å². The second kappa shape index (κ2) is 8.30. The van der Waals surface area contributed by atoms with Gasteiger partial charge in [0.2, 0.25) is 0 Å². The molecule has 0 aromatic heterocycles. The third-order valence-corrected chi connectivity index (χ3v) is 2.93. The zero-order valence-electron chi connectivity index (χ0n) is 14.1. The van der Waals surface area contributed by atoms with E-state index in [0.29, 0.717) is 12.1 Å². The molecule has 1 rings (SSSR count). The minimum absolute atomic E-state index is 0.0195. The summed E-state index contributed by atoms with van der Waals surface area (Å²) >= 11 is 0. The predicted octanol–water partition coefficient (Wildman–Crippen LogP) is 3.11. The molecular weight excluding hydrogens is 290 g/mol. The summed E-state index contributed by atoms with van der Waals surface area (Å²) in [5.74, 6) is 5.05. The van der Waals surface area contributed by atoms with Crippen LogP contribution in [-0.2, 0) is 0 Å². The van der Waals surface area contributed by atoms with Crippen molar-refractivity contribution in [3.8, 4) is 11.8 Å². The molecule has 23 heavy (non-hydrogen) atoms. The standard InChI is InChI=1S/C19H23NO3/c1-19(2,3)12-6-5-7-13-20(4)14-17(21)15-8-10-16(11-9-15)18(22)23/h5,7-11H,13-14H2,1-4H3,(H,22,23). The first-order valence-corrected chi connectivity index (χ1v) is 7.42. The Labute approximate surface area is 137 Å². The number of aromatic carboxylic acids is 1. The molecule has 0 aliphatic rings. The Morgan fingerprint density at radius 2 is 1.74 bits per heavy atom. The van der Waals surface area contributed by atoms with Crippen LogP contribution in [0.15, 0.2) is 36.4 Å². The molecular formula is C19H23NO3. The summed E-state index contributed by atoms with van der Waals surface area (Å²) in [6.07, 6.45) is 3.72. The van der Waals surface area contributed by atoms with Crippen molar-refractivity contribution in [1.29, 1.82) is 0 Å². The zero-order valence-corrected chi connectivity index (χ0v) is 14.1. The number of carbonyl (C=O) groups is 2. The van der Waals surface area contributed by atoms with Crippen LogP contribution in [-0.4, -0.2) is 41.9 Å². The van der Waals surface area contributed by atoms with Gasteiger partial charge in [0.1, 0.15) is 0 Å². The number of nitrogens with zero attached hydrogens (tertiary/aromatic N) is 1. The molecule has 1 aromatic rings. The first-order valence-electron chi connectivity index (χ1n) is 7.42. The largest absolute Gasteiger partial charge is 0.478 e. The number of benzene rings is 1. The summed E-state index contributed by atoms with van der Waals surface area (Å²) in [6.45, 7) is 7.04. The Morgan fingerprint density at radius 3 is 2.26 bits per heavy atom. The molecule has 1 aromatic carbocycles. The van der Waals surface area contributed by atoms with E-state index in [1.165, 1.54) is 12.1 Å². The van der Waals surface area contributed by atoms with Crippen LogP contribution in [0.5, 0.6) is 0 Å². The fourth-order valence-corrected chi connectivity index (χ4v) is 1.75. The fourth-order valence-electron chi connectivity index (χ4n) is 1.75. The van der Waals surface area contributed by atoms with Crippen LogP contribution < -0.4 is 0 Å². The van der Waals surface area contributed by atoms with Gasteiger partial charge in [-0.1, -0.05) is 30.0 Å². The van der Waals surface area contributed by atoms with Gasteiger partial charge >= 0.3 is 5.97 Å². The van der Waals surface area contributed by atoms with Crippen LogP contribution in [0.4, 0.5) is 0 Å². The van der Waals surface area contributed by atoms with Crippen LogP contribution in [0.2, 0.25) is 0 Å². The van der Waals surface area contributed by atoms with Gasteiger partial charge in [-0.2, -0.15) is 0 Å². The summed E-state index contributed by atoms with van der Waals surface area (Å²) in [4.78, 5) is 24.8. The van der Waals surface area contributed by atoms with Crippen molar-refractivity contribution in [3.05, 3.63) is 47.5 Å². The molecule has 122 valence electrons. The van der Waals surface area contributed by atoms with E-state index in [4.69, 9.17) is 5.11 Å². The number of allylic oxidation sites excluding steroid dienone is 1. The molecule has 4 nitrogen and oxygen atoms in total. The SMILES string of the molecule is CN(CC=CC#CC(C)(C)C)CC(=O)c1ccc(C(=O)O)cc1. The van der Waals surface area contributed by atoms with Gasteiger partial charge in [-0.15, -0.1) is 0 Å². The van der Waals surface area contributed by atoms with Crippen molar-refractivity contribution in [2.24, 2.45) is 5.41 Å². The highest BCUT2D eigenvalue weighted by atomic mass is 16.4. The van der Waals surface area contributed by atoms with Gasteiger partial charge in [-0.25, -0.2) is 4.79 Å². The highest BCUT2D eigenvalue weighted by Gasteiger charge is 2.10. The number of likely N-dealkylation sites (N-methyl/N-ethyl adjacent to an activating group) is 1. The Bertz CT molecular complexity index is 640. The van der Waals surface area contributed by atoms with Crippen LogP contribution in [0.3, 0.4) is 0 Å². The van der Waals surface area contributed by atoms with Crippen molar-refractivity contribution >= 4 is 11.8 Å². The second-order valence-corrected chi connectivity index (χ2v) is 6.42. The molecule has 0 bridgehead atoms. The summed E-state index contributed by atoms with van der Waals surface area (Å²) in [6, 6.07) is 5.98. The molecule has 0 saturated heterocycles. The molecule has 1 N–H and O–H groups in total. The van der Waals surface area contributed by atoms with Crippen LogP contribution in [0.25, 0.3) is 0 Å². The molecule has 0 unspecified atom stereocenters. The van der Waals surface area contributed by atoms with E-state index in [9.17, 15) is 9.59 Å². The summed E-state index contributed by atoms with van der Waals surface area (Å²) < 4.78 is 0. The number of carbonyl (C=O) groups excluding carboxylic acids is 1. The Morgan fingerprint density at radius 1 is 1.17 bits per heavy atom. The highest BCUT2D eigenvalue weighted by Crippen LogP contribution is 2.09. The maximum absolute atomic E-state index is 12.1. The van der Waals surface area contributed by atoms with Gasteiger partial charge in [-0.3, -0.25) is 9.69 Å². The fraction of sp³-hybridized carbons (Fsp3) is 0.368. The van der Waals surface area contributed by atoms with Crippen LogP contribution in [0.1, 0.15) is 41.5 Å². The lowest BCUT2D eigenvalue weighted by atomic mass is 9.98. The van der Waals surface area contributed by atoms with Crippen molar-refractivity contribution in [1.82, 2.24) is 4.90 Å². The van der Waals surface area contributed by atoms with Gasteiger partial charge in [0.05, 0.1) is 12.1 Å². The lowest BCUT2D eigenvalue weighted by Crippen LogP contribution is -2.26. The second-order valence-electron chi connectivity index (χ2n) is 6.42. The van der Waals surface area contributed by atoms with Gasteiger partial charge in [0, 0.05) is 17.5 Å². The smallest absolute Gasteiger partial charge is 0.335 e. The monoisotopic (exact) mass is 313 g/mol. The maximum atomic E-state index is 12.1. The van der Waals surface area contributed by atoms with E-state index in [0.717, 1.165) is 0 Å². The minimum Gasteiger partial charge on any atom is -0.478 e. The molecule has 0 spiro atoms. The van der Waals surface area contributed by atoms with Crippen LogP contribution in [0, 0.1) is 17.3 Å². The molecule has 0 aliphatic carbocycles. The molecule has 0 amide bonds. The molecule has 0 fully saturated rings. The van der Waals surface area contributed by atoms with Crippen molar-refractivity contribution in [2.75, 3.05) is 20.1 Å². The molecule has 0 atom stereocenters. The summed E-state index contributed by atoms with van der Waals surface area (Å²) in [5.41, 5.74) is 0.669. The number of hydrogen-bond donors (Lipinski definition) is 1. The van der Waals surface area contributed by atoms with E-state index in [1.54, 1.807) is 18.2 Å². The summed E-state index contributed by atoms with van der Waals surface area (Å²) in [5, 5.41) is 8.84. The number of rotatable bonds is 6. The average molecular weight is 313 g/mol. The van der Waals surface area contributed by atoms with Gasteiger partial charge in [-0.05, 0) is 46.0 Å². The summed E-state index contributed by atoms with van der Waals surface area (Å²) in [7, 11) is 1.85. The molecule has 0 radical (unpaired) electrons. The van der Waals surface area contributed by atoms with Gasteiger partial charge in [0.25, 0.3) is 0 Å². The van der Waals surface area contributed by atoms with Crippen molar-refractivity contribution < 1.29 is 14.7 Å². The van der Waals surface area contributed by atoms with Gasteiger partial charge < -0.3 is 5.11 Å². The predicted molar refractivity (Wildman–Crippen MR) is 91.6 cm³/mol. The zero-order chi connectivity index (χ0) is 17.5. The molecule has 0 aliphatic heterocycles. The Kier molecular flexibility index (Phi) is 6.74. The van der Waals surface area contributed by atoms with E-state index in [-0.39, 0.29) is 23.3 Å². The van der Waals surface area contributed by atoms with E-state index in [1.807, 2.05) is 38.8 Å². The topological polar surface area (TPSA) is 57.6 Å². The van der Waals surface area contributed by atoms with E-state index >= 15 is 0 Å². The average Bonchev–Trinajstić information content (AvgIpc) is 2.45. The third-order valence-electron chi connectivity index (χ3n) is 2.93. The normalized spacial score (nSPS) is 11.3. The quantitative estimate of drug-likeness (QED) is 0.647. The number of Topliss-reactive ketones (excluding diaryl/α,β-unsaturated/α-hetero) is 1. The lowest BCUT2D eigenvalue weighted by molar-refractivity contribution is 0.0696. The maximum Gasteiger partial charge on any atom is 0.335 e. The van der Waals surface area contributed by atoms with E-state index < -0.39 is 5.97 Å². The number of hydrogen-bond acceptors (Lipinski definition) is 3. The number of ketones is 1. The third kappa shape index (κ3) is 7.44. The lowest BCUT2D eigenvalue weighted by Gasteiger charge is -2.13. The first kappa shape index (κ1) is 18.7. The Balaban J connectivity index is 2.51. The molecule has 0 heterocycles. The minimum atomic E-state index is -0.998. The first-order chi connectivity index (χ1) is 10.7. The number of carboxylic acid groups (broad SMARTS) is 1. The van der Waals surface area contributed by atoms with E-state index in [2.05, 4.69) is 11.8 Å². The Hall–Kier alpha value is -2.38. The molecule has 4 heteroatoms. The highest BCUT2D eigenvalue weighted by molar-refractivity contribution is 5.98. The van der Waals surface area contributed by atoms with Crippen molar-refractivity contribution in [2.45, 2.75) is 20.8 Å². The van der Waals surface area contributed by atoms with Gasteiger partial charge in [0.15, 0.2) is 5.78 Å². The van der Waals surface area contributed by atoms with Crippen molar-refractivity contribution in [3.63, 3.8) is 0 Å².